The van der Waals surface area contributed by atoms with Gasteiger partial charge in [-0.1, -0.05) is 48.5 Å². The summed E-state index contributed by atoms with van der Waals surface area (Å²) in [6.07, 6.45) is 1.53. The second kappa shape index (κ2) is 7.38. The van der Waals surface area contributed by atoms with Crippen molar-refractivity contribution in [3.8, 4) is 11.1 Å². The summed E-state index contributed by atoms with van der Waals surface area (Å²) in [4.78, 5) is 13.5. The van der Waals surface area contributed by atoms with Crippen molar-refractivity contribution in [1.82, 2.24) is 4.90 Å². The number of aryl methyl sites for hydroxylation is 1. The SMILES string of the molecule is Cc1ccccc1-c1ccccc1CN1CCCC(O)(CC(N)=O)C1. The minimum atomic E-state index is -0.998. The van der Waals surface area contributed by atoms with E-state index in [2.05, 4.69) is 60.4 Å². The average Bonchev–Trinajstić information content (AvgIpc) is 2.55. The molecule has 1 aliphatic rings. The fourth-order valence-electron chi connectivity index (χ4n) is 3.85. The second-order valence-electron chi connectivity index (χ2n) is 7.15. The fraction of sp³-hybridized carbons (Fsp3) is 0.381. The molecule has 1 heterocycles. The highest BCUT2D eigenvalue weighted by Gasteiger charge is 2.34. The highest BCUT2D eigenvalue weighted by Crippen LogP contribution is 2.30. The third kappa shape index (κ3) is 4.27. The lowest BCUT2D eigenvalue weighted by atomic mass is 9.88. The lowest BCUT2D eigenvalue weighted by Gasteiger charge is -2.39. The van der Waals surface area contributed by atoms with E-state index in [0.29, 0.717) is 13.0 Å². The maximum absolute atomic E-state index is 11.3. The van der Waals surface area contributed by atoms with Gasteiger partial charge in [0.1, 0.15) is 0 Å². The number of benzene rings is 2. The maximum atomic E-state index is 11.3. The van der Waals surface area contributed by atoms with E-state index in [4.69, 9.17) is 5.73 Å². The Morgan fingerprint density at radius 1 is 1.16 bits per heavy atom. The van der Waals surface area contributed by atoms with Gasteiger partial charge >= 0.3 is 0 Å². The molecule has 1 aliphatic heterocycles. The molecule has 3 rings (SSSR count). The van der Waals surface area contributed by atoms with Gasteiger partial charge in [-0.2, -0.15) is 0 Å². The van der Waals surface area contributed by atoms with Crippen LogP contribution in [0.25, 0.3) is 11.1 Å². The van der Waals surface area contributed by atoms with Gasteiger partial charge in [0.15, 0.2) is 0 Å². The normalized spacial score (nSPS) is 21.2. The highest BCUT2D eigenvalue weighted by molar-refractivity contribution is 5.75. The average molecular weight is 338 g/mol. The first kappa shape index (κ1) is 17.6. The first-order valence-corrected chi connectivity index (χ1v) is 8.84. The molecule has 1 atom stereocenters. The Labute approximate surface area is 149 Å². The molecule has 4 heteroatoms. The van der Waals surface area contributed by atoms with E-state index in [-0.39, 0.29) is 6.42 Å². The Morgan fingerprint density at radius 2 is 1.84 bits per heavy atom. The molecule has 132 valence electrons. The summed E-state index contributed by atoms with van der Waals surface area (Å²) in [6, 6.07) is 16.8. The van der Waals surface area contributed by atoms with Gasteiger partial charge in [-0.3, -0.25) is 9.69 Å². The molecule has 0 saturated carbocycles. The number of carbonyl (C=O) groups excluding carboxylic acids is 1. The van der Waals surface area contributed by atoms with Crippen LogP contribution in [-0.2, 0) is 11.3 Å². The van der Waals surface area contributed by atoms with Crippen LogP contribution in [0.5, 0.6) is 0 Å². The molecule has 25 heavy (non-hydrogen) atoms. The zero-order chi connectivity index (χ0) is 17.9. The molecule has 4 nitrogen and oxygen atoms in total. The summed E-state index contributed by atoms with van der Waals surface area (Å²) >= 11 is 0. The summed E-state index contributed by atoms with van der Waals surface area (Å²) in [7, 11) is 0. The van der Waals surface area contributed by atoms with Gasteiger partial charge < -0.3 is 10.8 Å². The van der Waals surface area contributed by atoms with E-state index >= 15 is 0 Å². The van der Waals surface area contributed by atoms with Gasteiger partial charge in [-0.15, -0.1) is 0 Å². The Hall–Kier alpha value is -2.17. The Bertz CT molecular complexity index is 759. The van der Waals surface area contributed by atoms with Gasteiger partial charge in [0.25, 0.3) is 0 Å². The molecule has 2 aromatic rings. The molecule has 0 aliphatic carbocycles. The number of β-amino-alcohol motifs (C(OH)–C–C–N with tert-alkyl or cyclic N) is 1. The monoisotopic (exact) mass is 338 g/mol. The predicted octanol–water partition coefficient (Wildman–Crippen LogP) is 2.86. The summed E-state index contributed by atoms with van der Waals surface area (Å²) in [5.74, 6) is -0.440. The summed E-state index contributed by atoms with van der Waals surface area (Å²) in [5, 5.41) is 10.7. The van der Waals surface area contributed by atoms with E-state index in [1.54, 1.807) is 0 Å². The number of aliphatic hydroxyl groups is 1. The van der Waals surface area contributed by atoms with Crippen molar-refractivity contribution < 1.29 is 9.90 Å². The second-order valence-corrected chi connectivity index (χ2v) is 7.15. The van der Waals surface area contributed by atoms with Crippen molar-refractivity contribution in [3.05, 3.63) is 59.7 Å². The number of carbonyl (C=O) groups is 1. The van der Waals surface area contributed by atoms with Crippen LogP contribution in [0.1, 0.15) is 30.4 Å². The van der Waals surface area contributed by atoms with E-state index in [9.17, 15) is 9.90 Å². The molecule has 0 radical (unpaired) electrons. The Kier molecular flexibility index (Phi) is 5.21. The zero-order valence-electron chi connectivity index (χ0n) is 14.7. The van der Waals surface area contributed by atoms with E-state index in [0.717, 1.165) is 19.5 Å². The quantitative estimate of drug-likeness (QED) is 0.881. The Balaban J connectivity index is 1.82. The number of primary amides is 1. The van der Waals surface area contributed by atoms with Crippen molar-refractivity contribution in [3.63, 3.8) is 0 Å². The van der Waals surface area contributed by atoms with E-state index < -0.39 is 11.5 Å². The zero-order valence-corrected chi connectivity index (χ0v) is 14.7. The van der Waals surface area contributed by atoms with Crippen LogP contribution in [0.2, 0.25) is 0 Å². The van der Waals surface area contributed by atoms with Crippen LogP contribution in [0, 0.1) is 6.92 Å². The van der Waals surface area contributed by atoms with Gasteiger partial charge in [-0.25, -0.2) is 0 Å². The number of rotatable bonds is 5. The summed E-state index contributed by atoms with van der Waals surface area (Å²) in [6.45, 7) is 4.28. The van der Waals surface area contributed by atoms with Gasteiger partial charge in [0.05, 0.1) is 12.0 Å². The lowest BCUT2D eigenvalue weighted by Crippen LogP contribution is -2.49. The number of nitrogens with zero attached hydrogens (tertiary/aromatic N) is 1. The third-order valence-corrected chi connectivity index (χ3v) is 4.98. The van der Waals surface area contributed by atoms with Crippen LogP contribution < -0.4 is 5.73 Å². The largest absolute Gasteiger partial charge is 0.388 e. The van der Waals surface area contributed by atoms with Crippen molar-refractivity contribution in [2.24, 2.45) is 5.73 Å². The molecular weight excluding hydrogens is 312 g/mol. The van der Waals surface area contributed by atoms with Crippen molar-refractivity contribution in [1.29, 1.82) is 0 Å². The predicted molar refractivity (Wildman–Crippen MR) is 99.9 cm³/mol. The van der Waals surface area contributed by atoms with Gasteiger partial charge in [-0.05, 0) is 48.6 Å². The summed E-state index contributed by atoms with van der Waals surface area (Å²) in [5.41, 5.74) is 9.26. The lowest BCUT2D eigenvalue weighted by molar-refractivity contribution is -0.125. The molecule has 0 aromatic heterocycles. The molecule has 1 fully saturated rings. The smallest absolute Gasteiger partial charge is 0.220 e. The van der Waals surface area contributed by atoms with Crippen LogP contribution in [-0.4, -0.2) is 34.6 Å². The first-order chi connectivity index (χ1) is 12.0. The van der Waals surface area contributed by atoms with Crippen LogP contribution >= 0.6 is 0 Å². The molecule has 3 N–H and O–H groups in total. The van der Waals surface area contributed by atoms with E-state index in [1.165, 1.54) is 22.3 Å². The molecular formula is C21H26N2O2. The number of hydrogen-bond donors (Lipinski definition) is 2. The van der Waals surface area contributed by atoms with Crippen LogP contribution in [0.4, 0.5) is 0 Å². The first-order valence-electron chi connectivity index (χ1n) is 8.84. The molecule has 0 spiro atoms. The number of likely N-dealkylation sites (tertiary alicyclic amines) is 1. The van der Waals surface area contributed by atoms with Crippen molar-refractivity contribution in [2.75, 3.05) is 13.1 Å². The minimum absolute atomic E-state index is 0.0307. The van der Waals surface area contributed by atoms with Gasteiger partial charge in [0.2, 0.25) is 5.91 Å². The molecule has 1 saturated heterocycles. The topological polar surface area (TPSA) is 66.6 Å². The standard InChI is InChI=1S/C21H26N2O2/c1-16-7-2-4-9-18(16)19-10-5-3-8-17(19)14-23-12-6-11-21(25,15-23)13-20(22)24/h2-5,7-10,25H,6,11-15H2,1H3,(H2,22,24). The summed E-state index contributed by atoms with van der Waals surface area (Å²) < 4.78 is 0. The minimum Gasteiger partial charge on any atom is -0.388 e. The van der Waals surface area contributed by atoms with Crippen molar-refractivity contribution in [2.45, 2.75) is 38.3 Å². The number of hydrogen-bond acceptors (Lipinski definition) is 3. The van der Waals surface area contributed by atoms with Crippen LogP contribution in [0.3, 0.4) is 0 Å². The van der Waals surface area contributed by atoms with Gasteiger partial charge in [0, 0.05) is 13.1 Å². The van der Waals surface area contributed by atoms with E-state index in [1.807, 2.05) is 0 Å². The number of nitrogens with two attached hydrogens (primary N) is 1. The third-order valence-electron chi connectivity index (χ3n) is 4.98. The number of amides is 1. The maximum Gasteiger partial charge on any atom is 0.220 e. The number of piperidine rings is 1. The molecule has 2 aromatic carbocycles. The van der Waals surface area contributed by atoms with Crippen molar-refractivity contribution >= 4 is 5.91 Å². The van der Waals surface area contributed by atoms with Crippen LogP contribution in [0.15, 0.2) is 48.5 Å². The fourth-order valence-corrected chi connectivity index (χ4v) is 3.85. The highest BCUT2D eigenvalue weighted by atomic mass is 16.3. The Morgan fingerprint density at radius 3 is 2.56 bits per heavy atom. The molecule has 1 unspecified atom stereocenters. The molecule has 1 amide bonds. The molecule has 0 bridgehead atoms.